The minimum absolute atomic E-state index is 0.0942. The Bertz CT molecular complexity index is 1040. The molecule has 0 fully saturated rings. The van der Waals surface area contributed by atoms with Gasteiger partial charge in [-0.1, -0.05) is 19.0 Å². The first-order chi connectivity index (χ1) is 17.1. The molecule has 0 saturated carbocycles. The number of nitrogens with one attached hydrogen (secondary N) is 2. The zero-order valence-electron chi connectivity index (χ0n) is 22.4. The van der Waals surface area contributed by atoms with E-state index in [-0.39, 0.29) is 24.0 Å². The Morgan fingerprint density at radius 2 is 1.97 bits per heavy atom. The number of aryl methyl sites for hydroxylation is 2. The molecule has 10 heteroatoms. The zero-order valence-corrected chi connectivity index (χ0v) is 22.4. The quantitative estimate of drug-likeness (QED) is 0.633. The van der Waals surface area contributed by atoms with Crippen molar-refractivity contribution in [3.8, 4) is 5.75 Å². The summed E-state index contributed by atoms with van der Waals surface area (Å²) in [5, 5.41) is 9.41. The molecule has 1 aromatic carbocycles. The van der Waals surface area contributed by atoms with Gasteiger partial charge < -0.3 is 29.5 Å². The fraction of sp³-hybridized carbons (Fsp3) is 0.577. The number of methoxy groups -OCH3 is 1. The van der Waals surface area contributed by atoms with Crippen molar-refractivity contribution in [1.29, 1.82) is 0 Å². The molecular formula is C26H39N5O5. The van der Waals surface area contributed by atoms with Crippen molar-refractivity contribution in [3.05, 3.63) is 35.2 Å². The van der Waals surface area contributed by atoms with Gasteiger partial charge in [0.2, 0.25) is 0 Å². The van der Waals surface area contributed by atoms with Gasteiger partial charge in [0.15, 0.2) is 5.76 Å². The molecule has 10 nitrogen and oxygen atoms in total. The van der Waals surface area contributed by atoms with Crippen LogP contribution in [0.15, 0.2) is 22.7 Å². The monoisotopic (exact) mass is 501 g/mol. The summed E-state index contributed by atoms with van der Waals surface area (Å²) in [5.41, 5.74) is 2.05. The molecule has 1 aromatic heterocycles. The number of anilines is 2. The molecule has 0 radical (unpaired) electrons. The van der Waals surface area contributed by atoms with Crippen LogP contribution in [0, 0.1) is 19.8 Å². The molecule has 1 aliphatic rings. The predicted octanol–water partition coefficient (Wildman–Crippen LogP) is 4.15. The van der Waals surface area contributed by atoms with Gasteiger partial charge in [0.25, 0.3) is 5.91 Å². The average molecular weight is 502 g/mol. The lowest BCUT2D eigenvalue weighted by atomic mass is 10.0. The maximum absolute atomic E-state index is 13.4. The summed E-state index contributed by atoms with van der Waals surface area (Å²) in [4.78, 5) is 30.0. The Balaban J connectivity index is 1.87. The van der Waals surface area contributed by atoms with E-state index in [0.717, 1.165) is 19.5 Å². The Labute approximate surface area is 213 Å². The number of rotatable bonds is 5. The van der Waals surface area contributed by atoms with Gasteiger partial charge in [-0.2, -0.15) is 0 Å². The number of hydrogen-bond donors (Lipinski definition) is 2. The van der Waals surface area contributed by atoms with Gasteiger partial charge in [0, 0.05) is 45.0 Å². The largest absolute Gasteiger partial charge is 0.491 e. The molecule has 3 atom stereocenters. The Kier molecular flexibility index (Phi) is 9.33. The standard InChI is InChI=1S/C26H39N5O5/c1-8-11-31-13-16(2)23(34-7)14-30(6)25(32)21-10-9-20(12-22(21)35-15-17(31)3)27-26(33)28-24-18(4)29-36-19(24)5/h9-10,12,16-17,23H,8,11,13-15H2,1-7H3,(H2,27,28,33)/t16-,17-,23+/m1/s1. The van der Waals surface area contributed by atoms with E-state index in [9.17, 15) is 9.59 Å². The highest BCUT2D eigenvalue weighted by molar-refractivity contribution is 6.02. The SMILES string of the molecule is CCCN1C[C@@H](C)[C@@H](OC)CN(C)C(=O)c2ccc(NC(=O)Nc3c(C)noc3C)cc2OC[C@H]1C. The maximum atomic E-state index is 13.4. The number of aromatic nitrogens is 1. The molecule has 198 valence electrons. The number of nitrogens with zero attached hydrogens (tertiary/aromatic N) is 3. The summed E-state index contributed by atoms with van der Waals surface area (Å²) >= 11 is 0. The molecule has 3 amide bonds. The molecule has 1 aliphatic heterocycles. The summed E-state index contributed by atoms with van der Waals surface area (Å²) in [6.07, 6.45) is 0.932. The van der Waals surface area contributed by atoms with Crippen LogP contribution in [0.2, 0.25) is 0 Å². The van der Waals surface area contributed by atoms with Crippen molar-refractivity contribution in [1.82, 2.24) is 15.0 Å². The van der Waals surface area contributed by atoms with E-state index in [1.807, 2.05) is 0 Å². The average Bonchev–Trinajstić information content (AvgIpc) is 3.16. The van der Waals surface area contributed by atoms with E-state index in [2.05, 4.69) is 41.5 Å². The second-order valence-corrected chi connectivity index (χ2v) is 9.58. The Morgan fingerprint density at radius 1 is 1.22 bits per heavy atom. The molecule has 2 N–H and O–H groups in total. The van der Waals surface area contributed by atoms with Crippen LogP contribution in [0.3, 0.4) is 0 Å². The Hall–Kier alpha value is -3.11. The number of amides is 3. The molecule has 0 bridgehead atoms. The third-order valence-electron chi connectivity index (χ3n) is 6.62. The van der Waals surface area contributed by atoms with E-state index in [1.165, 1.54) is 0 Å². The van der Waals surface area contributed by atoms with Crippen LogP contribution in [0.1, 0.15) is 49.0 Å². The highest BCUT2D eigenvalue weighted by Crippen LogP contribution is 2.27. The number of ether oxygens (including phenoxy) is 2. The van der Waals surface area contributed by atoms with Gasteiger partial charge in [-0.3, -0.25) is 9.69 Å². The van der Waals surface area contributed by atoms with Gasteiger partial charge in [-0.05, 0) is 51.8 Å². The third-order valence-corrected chi connectivity index (χ3v) is 6.62. The molecule has 3 rings (SSSR count). The number of fused-ring (bicyclic) bond motifs is 1. The molecule has 0 saturated heterocycles. The summed E-state index contributed by atoms with van der Waals surface area (Å²) in [6.45, 7) is 12.6. The van der Waals surface area contributed by atoms with E-state index < -0.39 is 6.03 Å². The van der Waals surface area contributed by atoms with E-state index in [4.69, 9.17) is 14.0 Å². The van der Waals surface area contributed by atoms with Crippen molar-refractivity contribution in [3.63, 3.8) is 0 Å². The Morgan fingerprint density at radius 3 is 2.61 bits per heavy atom. The summed E-state index contributed by atoms with van der Waals surface area (Å²) in [5.74, 6) is 1.02. The first-order valence-electron chi connectivity index (χ1n) is 12.4. The summed E-state index contributed by atoms with van der Waals surface area (Å²) in [6, 6.07) is 4.75. The summed E-state index contributed by atoms with van der Waals surface area (Å²) < 4.78 is 17.1. The van der Waals surface area contributed by atoms with Crippen LogP contribution in [-0.2, 0) is 4.74 Å². The predicted molar refractivity (Wildman–Crippen MR) is 139 cm³/mol. The fourth-order valence-corrected chi connectivity index (χ4v) is 4.46. The zero-order chi connectivity index (χ0) is 26.4. The summed E-state index contributed by atoms with van der Waals surface area (Å²) in [7, 11) is 3.47. The number of hydrogen-bond acceptors (Lipinski definition) is 7. The van der Waals surface area contributed by atoms with Crippen LogP contribution in [0.25, 0.3) is 0 Å². The van der Waals surface area contributed by atoms with E-state index in [1.54, 1.807) is 51.1 Å². The highest BCUT2D eigenvalue weighted by Gasteiger charge is 2.28. The third kappa shape index (κ3) is 6.55. The first kappa shape index (κ1) is 27.5. The fourth-order valence-electron chi connectivity index (χ4n) is 4.46. The molecular weight excluding hydrogens is 462 g/mol. The van der Waals surface area contributed by atoms with Crippen LogP contribution >= 0.6 is 0 Å². The number of benzene rings is 1. The van der Waals surface area contributed by atoms with Gasteiger partial charge in [-0.25, -0.2) is 4.79 Å². The topological polar surface area (TPSA) is 109 Å². The first-order valence-corrected chi connectivity index (χ1v) is 12.4. The van der Waals surface area contributed by atoms with Gasteiger partial charge in [0.05, 0.1) is 11.7 Å². The van der Waals surface area contributed by atoms with Gasteiger partial charge in [-0.15, -0.1) is 0 Å². The van der Waals surface area contributed by atoms with E-state index >= 15 is 0 Å². The van der Waals surface area contributed by atoms with Crippen LogP contribution in [0.5, 0.6) is 5.75 Å². The number of likely N-dealkylation sites (N-methyl/N-ethyl adjacent to an activating group) is 1. The molecule has 2 heterocycles. The second-order valence-electron chi connectivity index (χ2n) is 9.58. The minimum Gasteiger partial charge on any atom is -0.491 e. The van der Waals surface area contributed by atoms with Gasteiger partial charge in [0.1, 0.15) is 23.7 Å². The van der Waals surface area contributed by atoms with Gasteiger partial charge >= 0.3 is 6.03 Å². The second kappa shape index (κ2) is 12.2. The van der Waals surface area contributed by atoms with E-state index in [0.29, 0.717) is 47.3 Å². The molecule has 36 heavy (non-hydrogen) atoms. The van der Waals surface area contributed by atoms with Crippen LogP contribution in [-0.4, -0.2) is 79.4 Å². The lowest BCUT2D eigenvalue weighted by Gasteiger charge is -2.35. The lowest BCUT2D eigenvalue weighted by Crippen LogP contribution is -2.46. The van der Waals surface area contributed by atoms with Crippen molar-refractivity contribution in [2.75, 3.05) is 51.0 Å². The van der Waals surface area contributed by atoms with Crippen molar-refractivity contribution < 1.29 is 23.6 Å². The number of urea groups is 1. The molecule has 2 aromatic rings. The van der Waals surface area contributed by atoms with Crippen LogP contribution < -0.4 is 15.4 Å². The highest BCUT2D eigenvalue weighted by atomic mass is 16.5. The molecule has 0 spiro atoms. The van der Waals surface area contributed by atoms with Crippen molar-refractivity contribution >= 4 is 23.3 Å². The maximum Gasteiger partial charge on any atom is 0.323 e. The number of carbonyl (C=O) groups excluding carboxylic acids is 2. The van der Waals surface area contributed by atoms with Crippen LogP contribution in [0.4, 0.5) is 16.2 Å². The normalized spacial score (nSPS) is 21.7. The number of carbonyl (C=O) groups is 2. The minimum atomic E-state index is -0.444. The smallest absolute Gasteiger partial charge is 0.323 e. The molecule has 0 aliphatic carbocycles. The van der Waals surface area contributed by atoms with Crippen molar-refractivity contribution in [2.24, 2.45) is 5.92 Å². The van der Waals surface area contributed by atoms with Crippen molar-refractivity contribution in [2.45, 2.75) is 53.2 Å². The lowest BCUT2D eigenvalue weighted by molar-refractivity contribution is 0.0108. The molecule has 0 unspecified atom stereocenters.